The van der Waals surface area contributed by atoms with Crippen molar-refractivity contribution in [3.05, 3.63) is 42.0 Å². The number of rotatable bonds is 4. The van der Waals surface area contributed by atoms with Gasteiger partial charge in [-0.2, -0.15) is 0 Å². The number of hydrogen-bond donors (Lipinski definition) is 2. The largest absolute Gasteiger partial charge is 0.508 e. The fourth-order valence-corrected chi connectivity index (χ4v) is 2.04. The van der Waals surface area contributed by atoms with Crippen molar-refractivity contribution in [3.63, 3.8) is 0 Å². The number of phenolic OH excluding ortho intramolecular Hbond substituents is 1. The standard InChI is InChI=1S/C15H18O2/c1-11(16)3-2-4-12-5-6-14-10-15(17)8-7-13(14)9-12/h5-11,16-17H,2-4H2,1H3/t11-/m1/s1. The second-order valence-corrected chi connectivity index (χ2v) is 4.61. The van der Waals surface area contributed by atoms with Gasteiger partial charge in [0.1, 0.15) is 5.75 Å². The second kappa shape index (κ2) is 5.19. The topological polar surface area (TPSA) is 40.5 Å². The maximum absolute atomic E-state index is 9.37. The molecular weight excluding hydrogens is 212 g/mol. The number of aliphatic hydroxyl groups excluding tert-OH is 1. The number of phenols is 1. The Morgan fingerprint density at radius 1 is 1.06 bits per heavy atom. The highest BCUT2D eigenvalue weighted by Gasteiger charge is 2.00. The van der Waals surface area contributed by atoms with Crippen LogP contribution in [0.5, 0.6) is 5.75 Å². The van der Waals surface area contributed by atoms with E-state index >= 15 is 0 Å². The Balaban J connectivity index is 2.12. The molecule has 0 heterocycles. The van der Waals surface area contributed by atoms with Gasteiger partial charge in [0.05, 0.1) is 6.10 Å². The van der Waals surface area contributed by atoms with E-state index in [2.05, 4.69) is 12.1 Å². The minimum absolute atomic E-state index is 0.215. The van der Waals surface area contributed by atoms with Crippen LogP contribution in [-0.2, 0) is 6.42 Å². The van der Waals surface area contributed by atoms with E-state index in [1.807, 2.05) is 19.1 Å². The Morgan fingerprint density at radius 2 is 1.76 bits per heavy atom. The molecule has 2 N–H and O–H groups in total. The van der Waals surface area contributed by atoms with Crippen LogP contribution in [0.15, 0.2) is 36.4 Å². The highest BCUT2D eigenvalue weighted by molar-refractivity contribution is 5.84. The third-order valence-electron chi connectivity index (χ3n) is 2.98. The Bertz CT molecular complexity index is 503. The summed E-state index contributed by atoms with van der Waals surface area (Å²) in [5.41, 5.74) is 1.28. The van der Waals surface area contributed by atoms with E-state index in [-0.39, 0.29) is 6.10 Å². The molecule has 0 aliphatic heterocycles. The van der Waals surface area contributed by atoms with Gasteiger partial charge in [-0.1, -0.05) is 24.3 Å². The summed E-state index contributed by atoms with van der Waals surface area (Å²) in [6.45, 7) is 1.82. The number of hydrogen-bond acceptors (Lipinski definition) is 2. The van der Waals surface area contributed by atoms with Crippen LogP contribution in [0.1, 0.15) is 25.3 Å². The van der Waals surface area contributed by atoms with Crippen LogP contribution >= 0.6 is 0 Å². The third-order valence-corrected chi connectivity index (χ3v) is 2.98. The average molecular weight is 230 g/mol. The smallest absolute Gasteiger partial charge is 0.116 e. The summed E-state index contributed by atoms with van der Waals surface area (Å²) in [7, 11) is 0. The molecule has 2 aromatic carbocycles. The summed E-state index contributed by atoms with van der Waals surface area (Å²) in [5.74, 6) is 0.305. The Hall–Kier alpha value is -1.54. The number of aromatic hydroxyl groups is 1. The summed E-state index contributed by atoms with van der Waals surface area (Å²) in [5, 5.41) is 20.8. The van der Waals surface area contributed by atoms with Gasteiger partial charge >= 0.3 is 0 Å². The summed E-state index contributed by atoms with van der Waals surface area (Å²) in [6.07, 6.45) is 2.61. The van der Waals surface area contributed by atoms with E-state index in [9.17, 15) is 10.2 Å². The Labute approximate surface area is 102 Å². The number of fused-ring (bicyclic) bond motifs is 1. The molecular formula is C15H18O2. The molecule has 0 bridgehead atoms. The van der Waals surface area contributed by atoms with Gasteiger partial charge in [-0.3, -0.25) is 0 Å². The third kappa shape index (κ3) is 3.21. The normalized spacial score (nSPS) is 12.8. The molecule has 0 saturated carbocycles. The zero-order chi connectivity index (χ0) is 12.3. The van der Waals surface area contributed by atoms with E-state index < -0.39 is 0 Å². The van der Waals surface area contributed by atoms with Crippen molar-refractivity contribution in [1.29, 1.82) is 0 Å². The summed E-state index contributed by atoms with van der Waals surface area (Å²) >= 11 is 0. The predicted molar refractivity (Wildman–Crippen MR) is 70.2 cm³/mol. The lowest BCUT2D eigenvalue weighted by Gasteiger charge is -2.06. The van der Waals surface area contributed by atoms with Crippen molar-refractivity contribution in [1.82, 2.24) is 0 Å². The van der Waals surface area contributed by atoms with Crippen LogP contribution < -0.4 is 0 Å². The lowest BCUT2D eigenvalue weighted by molar-refractivity contribution is 0.182. The van der Waals surface area contributed by atoms with E-state index in [1.54, 1.807) is 12.1 Å². The molecule has 2 nitrogen and oxygen atoms in total. The minimum atomic E-state index is -0.215. The van der Waals surface area contributed by atoms with Gasteiger partial charge in [0.2, 0.25) is 0 Å². The van der Waals surface area contributed by atoms with Crippen LogP contribution in [-0.4, -0.2) is 16.3 Å². The summed E-state index contributed by atoms with van der Waals surface area (Å²) in [6, 6.07) is 11.7. The molecule has 0 unspecified atom stereocenters. The van der Waals surface area contributed by atoms with Crippen LogP contribution in [0.25, 0.3) is 10.8 Å². The molecule has 17 heavy (non-hydrogen) atoms. The molecule has 0 radical (unpaired) electrons. The molecule has 0 aliphatic rings. The average Bonchev–Trinajstić information content (AvgIpc) is 2.29. The van der Waals surface area contributed by atoms with Crippen LogP contribution in [0.2, 0.25) is 0 Å². The van der Waals surface area contributed by atoms with Crippen LogP contribution in [0.4, 0.5) is 0 Å². The SMILES string of the molecule is C[C@@H](O)CCCc1ccc2cc(O)ccc2c1. The molecule has 90 valence electrons. The van der Waals surface area contributed by atoms with Gasteiger partial charge in [0, 0.05) is 0 Å². The molecule has 0 fully saturated rings. The highest BCUT2D eigenvalue weighted by Crippen LogP contribution is 2.21. The van der Waals surface area contributed by atoms with E-state index in [4.69, 9.17) is 0 Å². The quantitative estimate of drug-likeness (QED) is 0.846. The Kier molecular flexibility index (Phi) is 3.64. The van der Waals surface area contributed by atoms with E-state index in [0.717, 1.165) is 30.0 Å². The van der Waals surface area contributed by atoms with Gasteiger partial charge < -0.3 is 10.2 Å². The zero-order valence-corrected chi connectivity index (χ0v) is 10.1. The maximum Gasteiger partial charge on any atom is 0.116 e. The van der Waals surface area contributed by atoms with Crippen molar-refractivity contribution in [2.45, 2.75) is 32.3 Å². The van der Waals surface area contributed by atoms with Crippen molar-refractivity contribution < 1.29 is 10.2 Å². The molecule has 2 rings (SSSR count). The number of aryl methyl sites for hydroxylation is 1. The highest BCUT2D eigenvalue weighted by atomic mass is 16.3. The van der Waals surface area contributed by atoms with Crippen LogP contribution in [0.3, 0.4) is 0 Å². The first-order valence-electron chi connectivity index (χ1n) is 6.05. The van der Waals surface area contributed by atoms with Gasteiger partial charge in [-0.05, 0) is 54.7 Å². The molecule has 0 amide bonds. The number of aliphatic hydroxyl groups is 1. The molecule has 0 aromatic heterocycles. The lowest BCUT2D eigenvalue weighted by Crippen LogP contribution is -1.99. The zero-order valence-electron chi connectivity index (χ0n) is 10.1. The Morgan fingerprint density at radius 3 is 2.53 bits per heavy atom. The fraction of sp³-hybridized carbons (Fsp3) is 0.333. The monoisotopic (exact) mass is 230 g/mol. The predicted octanol–water partition coefficient (Wildman–Crippen LogP) is 3.25. The molecule has 0 spiro atoms. The molecule has 1 atom stereocenters. The second-order valence-electron chi connectivity index (χ2n) is 4.61. The van der Waals surface area contributed by atoms with Crippen LogP contribution in [0, 0.1) is 0 Å². The fourth-order valence-electron chi connectivity index (χ4n) is 2.04. The van der Waals surface area contributed by atoms with Crippen molar-refractivity contribution in [2.24, 2.45) is 0 Å². The van der Waals surface area contributed by atoms with E-state index in [1.165, 1.54) is 5.56 Å². The van der Waals surface area contributed by atoms with Gasteiger partial charge in [-0.25, -0.2) is 0 Å². The van der Waals surface area contributed by atoms with Gasteiger partial charge in [-0.15, -0.1) is 0 Å². The molecule has 0 aliphatic carbocycles. The summed E-state index contributed by atoms with van der Waals surface area (Å²) < 4.78 is 0. The van der Waals surface area contributed by atoms with Crippen molar-refractivity contribution in [3.8, 4) is 5.75 Å². The summed E-state index contributed by atoms with van der Waals surface area (Å²) in [4.78, 5) is 0. The van der Waals surface area contributed by atoms with Gasteiger partial charge in [0.25, 0.3) is 0 Å². The first-order valence-corrected chi connectivity index (χ1v) is 6.05. The minimum Gasteiger partial charge on any atom is -0.508 e. The first kappa shape index (κ1) is 11.9. The first-order chi connectivity index (χ1) is 8.15. The molecule has 0 saturated heterocycles. The van der Waals surface area contributed by atoms with Crippen molar-refractivity contribution >= 4 is 10.8 Å². The lowest BCUT2D eigenvalue weighted by atomic mass is 10.0. The van der Waals surface area contributed by atoms with Crippen molar-refractivity contribution in [2.75, 3.05) is 0 Å². The van der Waals surface area contributed by atoms with Gasteiger partial charge in [0.15, 0.2) is 0 Å². The molecule has 2 aromatic rings. The molecule has 2 heteroatoms. The van der Waals surface area contributed by atoms with E-state index in [0.29, 0.717) is 5.75 Å². The number of benzene rings is 2. The maximum atomic E-state index is 9.37.